The lowest BCUT2D eigenvalue weighted by molar-refractivity contribution is -0.157. The minimum Gasteiger partial charge on any atom is -0.497 e. The molecule has 2 aliphatic rings. The molecule has 0 bridgehead atoms. The largest absolute Gasteiger partial charge is 0.497 e. The summed E-state index contributed by atoms with van der Waals surface area (Å²) < 4.78 is 5.21. The molecule has 10 nitrogen and oxygen atoms in total. The molecule has 2 aliphatic heterocycles. The number of urea groups is 1. The van der Waals surface area contributed by atoms with Gasteiger partial charge in [-0.2, -0.15) is 10.3 Å². The molecule has 10 heteroatoms. The molecule has 4 amide bonds. The normalized spacial score (nSPS) is 18.0. The lowest BCUT2D eigenvalue weighted by Crippen LogP contribution is -2.66. The number of hydrogen-bond donors (Lipinski definition) is 1. The molecule has 2 saturated heterocycles. The van der Waals surface area contributed by atoms with Crippen LogP contribution in [0.2, 0.25) is 0 Å². The third kappa shape index (κ3) is 6.16. The Morgan fingerprint density at radius 3 is 2.44 bits per heavy atom. The number of fused-ring (bicyclic) bond motifs is 2. The first-order chi connectivity index (χ1) is 22.0. The maximum Gasteiger partial charge on any atom is 0.333 e. The Labute approximate surface area is 262 Å². The van der Waals surface area contributed by atoms with Gasteiger partial charge in [-0.3, -0.25) is 9.59 Å². The van der Waals surface area contributed by atoms with Gasteiger partial charge in [0, 0.05) is 19.5 Å². The summed E-state index contributed by atoms with van der Waals surface area (Å²) in [4.78, 5) is 44.7. The van der Waals surface area contributed by atoms with Crippen LogP contribution in [0.3, 0.4) is 0 Å². The quantitative estimate of drug-likeness (QED) is 0.291. The van der Waals surface area contributed by atoms with Crippen LogP contribution in [0.4, 0.5) is 4.79 Å². The zero-order valence-electron chi connectivity index (χ0n) is 25.0. The van der Waals surface area contributed by atoms with Crippen LogP contribution in [-0.2, 0) is 29.1 Å². The molecular formula is C35H34N6O4. The Morgan fingerprint density at radius 2 is 1.69 bits per heavy atom. The topological polar surface area (TPSA) is 109 Å². The minimum absolute atomic E-state index is 0.122. The van der Waals surface area contributed by atoms with Crippen molar-refractivity contribution in [3.63, 3.8) is 0 Å². The zero-order chi connectivity index (χ0) is 31.3. The Balaban J connectivity index is 1.29. The van der Waals surface area contributed by atoms with Crippen molar-refractivity contribution in [3.8, 4) is 11.8 Å². The highest BCUT2D eigenvalue weighted by molar-refractivity contribution is 5.92. The minimum atomic E-state index is -0.759. The summed E-state index contributed by atoms with van der Waals surface area (Å²) in [5.41, 5.74) is 2.78. The first kappa shape index (κ1) is 29.7. The van der Waals surface area contributed by atoms with Gasteiger partial charge in [0.1, 0.15) is 24.5 Å². The molecule has 2 fully saturated rings. The van der Waals surface area contributed by atoms with Gasteiger partial charge in [-0.05, 0) is 39.6 Å². The van der Waals surface area contributed by atoms with Crippen LogP contribution in [-0.4, -0.2) is 76.6 Å². The first-order valence-corrected chi connectivity index (χ1v) is 14.9. The van der Waals surface area contributed by atoms with Gasteiger partial charge in [-0.25, -0.2) is 9.80 Å². The van der Waals surface area contributed by atoms with E-state index < -0.39 is 18.2 Å². The highest BCUT2D eigenvalue weighted by Crippen LogP contribution is 2.31. The predicted octanol–water partition coefficient (Wildman–Crippen LogP) is 3.92. The molecule has 2 atom stereocenters. The molecule has 0 aromatic heterocycles. The van der Waals surface area contributed by atoms with Gasteiger partial charge < -0.3 is 19.9 Å². The molecule has 228 valence electrons. The lowest BCUT2D eigenvalue weighted by Gasteiger charge is -2.46. The molecule has 6 rings (SSSR count). The van der Waals surface area contributed by atoms with Crippen LogP contribution in [0.25, 0.3) is 10.8 Å². The van der Waals surface area contributed by atoms with Crippen molar-refractivity contribution in [2.24, 2.45) is 0 Å². The summed E-state index contributed by atoms with van der Waals surface area (Å²) in [5, 5.41) is 17.6. The number of nitrogens with one attached hydrogen (secondary N) is 1. The maximum absolute atomic E-state index is 14.2. The molecule has 0 radical (unpaired) electrons. The van der Waals surface area contributed by atoms with Gasteiger partial charge in [-0.1, -0.05) is 84.9 Å². The second-order valence-electron chi connectivity index (χ2n) is 11.2. The van der Waals surface area contributed by atoms with E-state index in [9.17, 15) is 19.6 Å². The van der Waals surface area contributed by atoms with Crippen molar-refractivity contribution >= 4 is 28.6 Å². The number of ether oxygens (including phenoxy) is 1. The highest BCUT2D eigenvalue weighted by atomic mass is 16.5. The van der Waals surface area contributed by atoms with E-state index in [0.717, 1.165) is 27.5 Å². The third-order valence-electron chi connectivity index (χ3n) is 8.45. The molecule has 1 N–H and O–H groups in total. The first-order valence-electron chi connectivity index (χ1n) is 14.9. The highest BCUT2D eigenvalue weighted by Gasteiger charge is 2.52. The number of carbonyl (C=O) groups is 3. The Hall–Kier alpha value is -5.40. The maximum atomic E-state index is 14.2. The molecular weight excluding hydrogens is 568 g/mol. The van der Waals surface area contributed by atoms with Crippen molar-refractivity contribution in [1.82, 2.24) is 25.1 Å². The number of benzene rings is 4. The van der Waals surface area contributed by atoms with E-state index in [2.05, 4.69) is 11.4 Å². The van der Waals surface area contributed by atoms with Gasteiger partial charge in [-0.15, -0.1) is 0 Å². The number of methoxy groups -OCH3 is 1. The fourth-order valence-corrected chi connectivity index (χ4v) is 6.22. The van der Waals surface area contributed by atoms with Crippen molar-refractivity contribution in [1.29, 1.82) is 5.26 Å². The van der Waals surface area contributed by atoms with Gasteiger partial charge in [0.2, 0.25) is 11.8 Å². The van der Waals surface area contributed by atoms with Gasteiger partial charge in [0.15, 0.2) is 0 Å². The van der Waals surface area contributed by atoms with Crippen molar-refractivity contribution in [2.45, 2.75) is 31.7 Å². The number of nitriles is 1. The van der Waals surface area contributed by atoms with Crippen molar-refractivity contribution in [2.75, 3.05) is 26.7 Å². The predicted molar refractivity (Wildman–Crippen MR) is 168 cm³/mol. The standard InChI is InChI=1S/C35H34N6O4/c1-45-29-16-14-26(15-17-29)21-37-35(44)39(19-18-36)40-24-33(42)41-31(20-25-8-3-2-4-9-25)34(43)38(23-32(40)41)22-28-12-7-11-27-10-5-6-13-30(27)28/h2-17,31-32H,19-24H2,1H3,(H,37,44)/t31-,32+/m0/s1. The van der Waals surface area contributed by atoms with Crippen LogP contribution >= 0.6 is 0 Å². The number of hydrogen-bond acceptors (Lipinski definition) is 6. The van der Waals surface area contributed by atoms with E-state index in [4.69, 9.17) is 4.74 Å². The monoisotopic (exact) mass is 602 g/mol. The van der Waals surface area contributed by atoms with Gasteiger partial charge in [0.25, 0.3) is 0 Å². The number of piperazine rings is 1. The number of carbonyl (C=O) groups excluding carboxylic acids is 3. The van der Waals surface area contributed by atoms with Crippen LogP contribution in [0.1, 0.15) is 16.7 Å². The van der Waals surface area contributed by atoms with E-state index in [1.807, 2.05) is 97.1 Å². The van der Waals surface area contributed by atoms with Crippen LogP contribution in [0.15, 0.2) is 97.1 Å². The van der Waals surface area contributed by atoms with E-state index in [0.29, 0.717) is 18.7 Å². The molecule has 0 aliphatic carbocycles. The van der Waals surface area contributed by atoms with Gasteiger partial charge in [0.05, 0.1) is 26.3 Å². The van der Waals surface area contributed by atoms with Gasteiger partial charge >= 0.3 is 6.03 Å². The average Bonchev–Trinajstić information content (AvgIpc) is 3.40. The number of amides is 4. The molecule has 0 saturated carbocycles. The molecule has 2 heterocycles. The van der Waals surface area contributed by atoms with Crippen LogP contribution < -0.4 is 10.1 Å². The summed E-state index contributed by atoms with van der Waals surface area (Å²) in [6, 6.07) is 31.8. The zero-order valence-corrected chi connectivity index (χ0v) is 25.0. The Morgan fingerprint density at radius 1 is 0.956 bits per heavy atom. The second kappa shape index (κ2) is 13.1. The molecule has 0 spiro atoms. The SMILES string of the molecule is COc1ccc(CNC(=O)N(CC#N)N2CC(=O)N3[C@@H](Cc4ccccc4)C(=O)N(Cc4cccc5ccccc45)C[C@@H]32)cc1. The number of rotatable bonds is 9. The van der Waals surface area contributed by atoms with Crippen LogP contribution in [0.5, 0.6) is 5.75 Å². The average molecular weight is 603 g/mol. The molecule has 4 aromatic rings. The smallest absolute Gasteiger partial charge is 0.333 e. The van der Waals surface area contributed by atoms with Crippen molar-refractivity contribution in [3.05, 3.63) is 114 Å². The summed E-state index contributed by atoms with van der Waals surface area (Å²) in [6.07, 6.45) is -0.289. The summed E-state index contributed by atoms with van der Waals surface area (Å²) in [7, 11) is 1.59. The number of nitrogens with zero attached hydrogens (tertiary/aromatic N) is 5. The Bertz CT molecular complexity index is 1730. The number of hydrazine groups is 1. The van der Waals surface area contributed by atoms with E-state index in [1.165, 1.54) is 5.01 Å². The molecule has 45 heavy (non-hydrogen) atoms. The fraction of sp³-hybridized carbons (Fsp3) is 0.257. The van der Waals surface area contributed by atoms with Crippen molar-refractivity contribution < 1.29 is 19.1 Å². The summed E-state index contributed by atoms with van der Waals surface area (Å²) in [5.74, 6) is 0.302. The third-order valence-corrected chi connectivity index (χ3v) is 8.45. The van der Waals surface area contributed by atoms with E-state index >= 15 is 0 Å². The lowest BCUT2D eigenvalue weighted by atomic mass is 9.99. The summed E-state index contributed by atoms with van der Waals surface area (Å²) in [6.45, 7) is 0.380. The molecule has 4 aromatic carbocycles. The van der Waals surface area contributed by atoms with E-state index in [1.54, 1.807) is 21.9 Å². The second-order valence-corrected chi connectivity index (χ2v) is 11.2. The fourth-order valence-electron chi connectivity index (χ4n) is 6.22. The summed E-state index contributed by atoms with van der Waals surface area (Å²) >= 11 is 0. The van der Waals surface area contributed by atoms with Crippen LogP contribution in [0, 0.1) is 11.3 Å². The molecule has 0 unspecified atom stereocenters. The Kier molecular flexibility index (Phi) is 8.62. The van der Waals surface area contributed by atoms with E-state index in [-0.39, 0.29) is 38.0 Å².